The van der Waals surface area contributed by atoms with Crippen molar-refractivity contribution in [1.82, 2.24) is 4.98 Å². The highest BCUT2D eigenvalue weighted by atomic mass is 15.0. The summed E-state index contributed by atoms with van der Waals surface area (Å²) in [6, 6.07) is 4.32. The Morgan fingerprint density at radius 1 is 1.14 bits per heavy atom. The maximum atomic E-state index is 4.42. The van der Waals surface area contributed by atoms with Gasteiger partial charge in [0.15, 0.2) is 0 Å². The van der Waals surface area contributed by atoms with Crippen molar-refractivity contribution in [3.8, 4) is 0 Å². The van der Waals surface area contributed by atoms with Crippen LogP contribution < -0.4 is 10.6 Å². The van der Waals surface area contributed by atoms with Crippen LogP contribution in [0, 0.1) is 17.8 Å². The molecule has 1 aromatic rings. The first kappa shape index (κ1) is 13.4. The maximum Gasteiger partial charge on any atom is 0.127 e. The van der Waals surface area contributed by atoms with Gasteiger partial charge in [0.2, 0.25) is 0 Å². The zero-order valence-corrected chi connectivity index (χ0v) is 13.1. The molecule has 1 heterocycles. The highest BCUT2D eigenvalue weighted by Crippen LogP contribution is 2.56. The molecule has 0 aliphatic heterocycles. The average molecular weight is 285 g/mol. The highest BCUT2D eigenvalue weighted by Gasteiger charge is 2.50. The summed E-state index contributed by atoms with van der Waals surface area (Å²) in [5.41, 5.74) is 1.64. The lowest BCUT2D eigenvalue weighted by Gasteiger charge is -2.57. The SMILES string of the molecule is CCCNc1cc(NC23CC4CC(CC(C4)C2)C3)ccn1. The van der Waals surface area contributed by atoms with Crippen LogP contribution in [0.1, 0.15) is 51.9 Å². The molecule has 0 amide bonds. The summed E-state index contributed by atoms with van der Waals surface area (Å²) in [4.78, 5) is 4.42. The molecule has 0 spiro atoms. The second kappa shape index (κ2) is 5.19. The fourth-order valence-corrected chi connectivity index (χ4v) is 5.43. The topological polar surface area (TPSA) is 37.0 Å². The summed E-state index contributed by atoms with van der Waals surface area (Å²) >= 11 is 0. The van der Waals surface area contributed by atoms with E-state index < -0.39 is 0 Å². The van der Waals surface area contributed by atoms with E-state index in [0.29, 0.717) is 5.54 Å². The fourth-order valence-electron chi connectivity index (χ4n) is 5.43. The largest absolute Gasteiger partial charge is 0.379 e. The highest BCUT2D eigenvalue weighted by molar-refractivity contribution is 5.53. The third-order valence-corrected chi connectivity index (χ3v) is 5.76. The third-order valence-electron chi connectivity index (χ3n) is 5.76. The number of nitrogens with zero attached hydrogens (tertiary/aromatic N) is 1. The van der Waals surface area contributed by atoms with Crippen LogP contribution in [0.5, 0.6) is 0 Å². The third kappa shape index (κ3) is 2.63. The van der Waals surface area contributed by atoms with E-state index in [1.807, 2.05) is 6.20 Å². The van der Waals surface area contributed by atoms with Gasteiger partial charge in [0.1, 0.15) is 5.82 Å². The van der Waals surface area contributed by atoms with Crippen molar-refractivity contribution in [3.63, 3.8) is 0 Å². The normalized spacial score (nSPS) is 36.7. The molecule has 21 heavy (non-hydrogen) atoms. The fraction of sp³-hybridized carbons (Fsp3) is 0.722. The van der Waals surface area contributed by atoms with Crippen LogP contribution in [0.25, 0.3) is 0 Å². The van der Waals surface area contributed by atoms with E-state index in [4.69, 9.17) is 0 Å². The molecule has 0 unspecified atom stereocenters. The molecule has 114 valence electrons. The van der Waals surface area contributed by atoms with Crippen LogP contribution in [-0.4, -0.2) is 17.1 Å². The quantitative estimate of drug-likeness (QED) is 0.847. The number of aromatic nitrogens is 1. The first-order valence-electron chi connectivity index (χ1n) is 8.73. The van der Waals surface area contributed by atoms with E-state index in [1.165, 1.54) is 44.2 Å². The van der Waals surface area contributed by atoms with Crippen molar-refractivity contribution in [2.75, 3.05) is 17.2 Å². The zero-order chi connectivity index (χ0) is 14.3. The number of hydrogen-bond donors (Lipinski definition) is 2. The smallest absolute Gasteiger partial charge is 0.127 e. The van der Waals surface area contributed by atoms with Gasteiger partial charge in [0.05, 0.1) is 0 Å². The van der Waals surface area contributed by atoms with Crippen molar-refractivity contribution in [1.29, 1.82) is 0 Å². The van der Waals surface area contributed by atoms with Gasteiger partial charge in [-0.05, 0) is 68.8 Å². The van der Waals surface area contributed by atoms with Crippen LogP contribution in [-0.2, 0) is 0 Å². The summed E-state index contributed by atoms with van der Waals surface area (Å²) in [6.45, 7) is 3.18. The van der Waals surface area contributed by atoms with Crippen molar-refractivity contribution in [2.45, 2.75) is 57.4 Å². The second-order valence-corrected chi connectivity index (χ2v) is 7.68. The maximum absolute atomic E-state index is 4.42. The first-order valence-corrected chi connectivity index (χ1v) is 8.73. The minimum Gasteiger partial charge on any atom is -0.379 e. The second-order valence-electron chi connectivity index (χ2n) is 7.68. The van der Waals surface area contributed by atoms with E-state index >= 15 is 0 Å². The molecule has 2 N–H and O–H groups in total. The summed E-state index contributed by atoms with van der Waals surface area (Å²) in [5, 5.41) is 7.32. The molecular formula is C18H27N3. The van der Waals surface area contributed by atoms with Crippen molar-refractivity contribution < 1.29 is 0 Å². The van der Waals surface area contributed by atoms with E-state index in [9.17, 15) is 0 Å². The molecule has 5 rings (SSSR count). The molecule has 4 bridgehead atoms. The van der Waals surface area contributed by atoms with Gasteiger partial charge in [0, 0.05) is 30.0 Å². The van der Waals surface area contributed by atoms with E-state index in [2.05, 4.69) is 34.7 Å². The number of rotatable bonds is 5. The lowest BCUT2D eigenvalue weighted by molar-refractivity contribution is 0.0107. The van der Waals surface area contributed by atoms with Gasteiger partial charge in [-0.2, -0.15) is 0 Å². The van der Waals surface area contributed by atoms with Crippen LogP contribution in [0.2, 0.25) is 0 Å². The number of nitrogens with one attached hydrogen (secondary N) is 2. The van der Waals surface area contributed by atoms with E-state index in [-0.39, 0.29) is 0 Å². The van der Waals surface area contributed by atoms with Gasteiger partial charge in [-0.15, -0.1) is 0 Å². The summed E-state index contributed by atoms with van der Waals surface area (Å²) < 4.78 is 0. The molecule has 3 nitrogen and oxygen atoms in total. The molecule has 0 atom stereocenters. The van der Waals surface area contributed by atoms with Crippen molar-refractivity contribution in [2.24, 2.45) is 17.8 Å². The lowest BCUT2D eigenvalue weighted by Crippen LogP contribution is -2.54. The standard InChI is InChI=1S/C18H27N3/c1-2-4-19-17-9-16(3-5-20-17)21-18-10-13-6-14(11-18)8-15(7-13)12-18/h3,5,9,13-15H,2,4,6-8,10-12H2,1H3,(H2,19,20,21). The summed E-state index contributed by atoms with van der Waals surface area (Å²) in [7, 11) is 0. The molecule has 3 heteroatoms. The molecule has 0 aromatic carbocycles. The molecule has 0 saturated heterocycles. The Balaban J connectivity index is 1.50. The van der Waals surface area contributed by atoms with Gasteiger partial charge in [-0.1, -0.05) is 6.92 Å². The van der Waals surface area contributed by atoms with Crippen LogP contribution >= 0.6 is 0 Å². The Bertz CT molecular complexity index is 476. The average Bonchev–Trinajstić information content (AvgIpc) is 2.43. The van der Waals surface area contributed by atoms with Gasteiger partial charge in [-0.3, -0.25) is 0 Å². The zero-order valence-electron chi connectivity index (χ0n) is 13.1. The van der Waals surface area contributed by atoms with Crippen molar-refractivity contribution >= 4 is 11.5 Å². The molecule has 4 aliphatic rings. The van der Waals surface area contributed by atoms with Gasteiger partial charge in [0.25, 0.3) is 0 Å². The van der Waals surface area contributed by atoms with E-state index in [1.54, 1.807) is 0 Å². The monoisotopic (exact) mass is 285 g/mol. The molecular weight excluding hydrogens is 258 g/mol. The summed E-state index contributed by atoms with van der Waals surface area (Å²) in [6.07, 6.45) is 11.7. The predicted molar refractivity (Wildman–Crippen MR) is 87.5 cm³/mol. The Morgan fingerprint density at radius 2 is 1.81 bits per heavy atom. The van der Waals surface area contributed by atoms with Crippen LogP contribution in [0.15, 0.2) is 18.3 Å². The van der Waals surface area contributed by atoms with Crippen molar-refractivity contribution in [3.05, 3.63) is 18.3 Å². The number of anilines is 2. The van der Waals surface area contributed by atoms with E-state index in [0.717, 1.165) is 36.5 Å². The van der Waals surface area contributed by atoms with Gasteiger partial charge >= 0.3 is 0 Å². The lowest BCUT2D eigenvalue weighted by atomic mass is 9.53. The Kier molecular flexibility index (Phi) is 3.31. The Hall–Kier alpha value is -1.25. The summed E-state index contributed by atoms with van der Waals surface area (Å²) in [5.74, 6) is 3.97. The van der Waals surface area contributed by atoms with Gasteiger partial charge in [-0.25, -0.2) is 4.98 Å². The first-order chi connectivity index (χ1) is 10.2. The number of pyridine rings is 1. The minimum atomic E-state index is 0.387. The predicted octanol–water partition coefficient (Wildman–Crippen LogP) is 4.28. The van der Waals surface area contributed by atoms with Crippen LogP contribution in [0.3, 0.4) is 0 Å². The Labute approximate surface area is 127 Å². The molecule has 1 aromatic heterocycles. The molecule has 4 fully saturated rings. The van der Waals surface area contributed by atoms with Crippen LogP contribution in [0.4, 0.5) is 11.5 Å². The Morgan fingerprint density at radius 3 is 2.43 bits per heavy atom. The molecule has 0 radical (unpaired) electrons. The minimum absolute atomic E-state index is 0.387. The number of hydrogen-bond acceptors (Lipinski definition) is 3. The molecule has 4 saturated carbocycles. The molecule has 4 aliphatic carbocycles. The van der Waals surface area contributed by atoms with Gasteiger partial charge < -0.3 is 10.6 Å².